The molecule has 0 fully saturated rings. The van der Waals surface area contributed by atoms with Gasteiger partial charge in [0.2, 0.25) is 0 Å². The summed E-state index contributed by atoms with van der Waals surface area (Å²) in [5.41, 5.74) is 2.22. The quantitative estimate of drug-likeness (QED) is 0.664. The maximum absolute atomic E-state index is 5.35. The molecule has 0 unspecified atom stereocenters. The fraction of sp³-hybridized carbons (Fsp3) is 0.0769. The van der Waals surface area contributed by atoms with Crippen LogP contribution in [0.2, 0.25) is 0 Å². The van der Waals surface area contributed by atoms with Crippen molar-refractivity contribution in [2.75, 3.05) is 0 Å². The van der Waals surface area contributed by atoms with Crippen LogP contribution in [0, 0.1) is 6.07 Å². The van der Waals surface area contributed by atoms with Crippen LogP contribution in [0.15, 0.2) is 53.7 Å². The minimum atomic E-state index is 0.816. The Morgan fingerprint density at radius 2 is 2.29 bits per heavy atom. The van der Waals surface area contributed by atoms with Crippen LogP contribution >= 0.6 is 0 Å². The van der Waals surface area contributed by atoms with Gasteiger partial charge in [0.25, 0.3) is 0 Å². The Hall–Kier alpha value is -1.76. The molecule has 0 aliphatic rings. The Balaban J connectivity index is 2.46. The van der Waals surface area contributed by atoms with Crippen molar-refractivity contribution in [2.45, 2.75) is 6.42 Å². The highest BCUT2D eigenvalue weighted by Gasteiger charge is 2.04. The molecule has 1 aromatic carbocycles. The standard InChI is InChI=1S/C13H11O/c1-2-6-11-7-3-4-8-12(11)13-9-5-10-14-13/h2-5,8-10H,1,6H2. The molecular weight excluding hydrogens is 172 g/mol. The van der Waals surface area contributed by atoms with Crippen LogP contribution in [0.4, 0.5) is 0 Å². The minimum Gasteiger partial charge on any atom is -0.464 e. The van der Waals surface area contributed by atoms with Gasteiger partial charge in [0.15, 0.2) is 0 Å². The molecule has 0 atom stereocenters. The fourth-order valence-corrected chi connectivity index (χ4v) is 1.45. The summed E-state index contributed by atoms with van der Waals surface area (Å²) in [6, 6.07) is 12.9. The Kier molecular flexibility index (Phi) is 2.50. The van der Waals surface area contributed by atoms with Crippen LogP contribution in [0.3, 0.4) is 0 Å². The van der Waals surface area contributed by atoms with E-state index in [1.165, 1.54) is 0 Å². The van der Waals surface area contributed by atoms with Gasteiger partial charge >= 0.3 is 0 Å². The van der Waals surface area contributed by atoms with E-state index in [2.05, 4.69) is 12.6 Å². The molecule has 0 aliphatic carbocycles. The van der Waals surface area contributed by atoms with Gasteiger partial charge < -0.3 is 4.42 Å². The van der Waals surface area contributed by atoms with Crippen molar-refractivity contribution in [3.05, 3.63) is 60.9 Å². The van der Waals surface area contributed by atoms with Crippen molar-refractivity contribution in [1.29, 1.82) is 0 Å². The third kappa shape index (κ3) is 1.62. The van der Waals surface area contributed by atoms with E-state index in [1.54, 1.807) is 6.26 Å². The topological polar surface area (TPSA) is 13.1 Å². The van der Waals surface area contributed by atoms with Gasteiger partial charge in [-0.1, -0.05) is 24.3 Å². The van der Waals surface area contributed by atoms with Crippen LogP contribution < -0.4 is 0 Å². The lowest BCUT2D eigenvalue weighted by atomic mass is 10.0. The van der Waals surface area contributed by atoms with Gasteiger partial charge in [-0.25, -0.2) is 0 Å². The van der Waals surface area contributed by atoms with E-state index < -0.39 is 0 Å². The molecule has 2 rings (SSSR count). The van der Waals surface area contributed by atoms with Gasteiger partial charge in [0.05, 0.1) is 6.26 Å². The van der Waals surface area contributed by atoms with E-state index in [9.17, 15) is 0 Å². The number of furan rings is 1. The minimum absolute atomic E-state index is 0.816. The van der Waals surface area contributed by atoms with Gasteiger partial charge in [-0.3, -0.25) is 0 Å². The van der Waals surface area contributed by atoms with E-state index in [-0.39, 0.29) is 0 Å². The van der Waals surface area contributed by atoms with E-state index in [0.717, 1.165) is 23.3 Å². The van der Waals surface area contributed by atoms with Crippen LogP contribution in [0.5, 0.6) is 0 Å². The Morgan fingerprint density at radius 1 is 1.36 bits per heavy atom. The number of benzene rings is 1. The highest BCUT2D eigenvalue weighted by molar-refractivity contribution is 5.61. The molecule has 0 saturated heterocycles. The van der Waals surface area contributed by atoms with Crippen molar-refractivity contribution in [3.8, 4) is 11.3 Å². The molecule has 1 radical (unpaired) electrons. The van der Waals surface area contributed by atoms with E-state index in [0.29, 0.717) is 0 Å². The predicted octanol–water partition coefficient (Wildman–Crippen LogP) is 3.48. The first-order chi connectivity index (χ1) is 6.92. The third-order valence-corrected chi connectivity index (χ3v) is 2.08. The molecule has 0 N–H and O–H groups in total. The highest BCUT2D eigenvalue weighted by atomic mass is 16.3. The van der Waals surface area contributed by atoms with Crippen molar-refractivity contribution in [1.82, 2.24) is 0 Å². The smallest absolute Gasteiger partial charge is 0.134 e. The molecule has 0 aliphatic heterocycles. The first-order valence-corrected chi connectivity index (χ1v) is 4.56. The lowest BCUT2D eigenvalue weighted by Crippen LogP contribution is -1.86. The van der Waals surface area contributed by atoms with Crippen LogP contribution in [-0.4, -0.2) is 0 Å². The maximum atomic E-state index is 5.35. The van der Waals surface area contributed by atoms with Gasteiger partial charge in [-0.05, 0) is 30.2 Å². The van der Waals surface area contributed by atoms with E-state index in [1.807, 2.05) is 36.4 Å². The van der Waals surface area contributed by atoms with Crippen LogP contribution in [0.1, 0.15) is 5.56 Å². The van der Waals surface area contributed by atoms with E-state index >= 15 is 0 Å². The number of hydrogen-bond acceptors (Lipinski definition) is 1. The summed E-state index contributed by atoms with van der Waals surface area (Å²) in [5, 5.41) is 0. The summed E-state index contributed by atoms with van der Waals surface area (Å²) in [4.78, 5) is 0. The summed E-state index contributed by atoms with van der Waals surface area (Å²) >= 11 is 0. The molecule has 1 heterocycles. The normalized spacial score (nSPS) is 10.0. The van der Waals surface area contributed by atoms with Crippen molar-refractivity contribution in [2.24, 2.45) is 0 Å². The molecule has 14 heavy (non-hydrogen) atoms. The lowest BCUT2D eigenvalue weighted by molar-refractivity contribution is 0.582. The monoisotopic (exact) mass is 183 g/mol. The Bertz CT molecular complexity index is 413. The molecule has 1 nitrogen and oxygen atoms in total. The molecule has 1 heteroatoms. The predicted molar refractivity (Wildman–Crippen MR) is 56.9 cm³/mol. The summed E-state index contributed by atoms with van der Waals surface area (Å²) in [7, 11) is 0. The number of hydrogen-bond donors (Lipinski definition) is 0. The largest absolute Gasteiger partial charge is 0.464 e. The summed E-state index contributed by atoms with van der Waals surface area (Å²) in [6.45, 7) is 3.73. The van der Waals surface area contributed by atoms with Crippen molar-refractivity contribution in [3.63, 3.8) is 0 Å². The zero-order valence-corrected chi connectivity index (χ0v) is 7.86. The van der Waals surface area contributed by atoms with Gasteiger partial charge in [-0.2, -0.15) is 0 Å². The van der Waals surface area contributed by atoms with Gasteiger partial charge in [0.1, 0.15) is 5.76 Å². The Labute approximate surface area is 83.7 Å². The average Bonchev–Trinajstić information content (AvgIpc) is 2.72. The average molecular weight is 183 g/mol. The lowest BCUT2D eigenvalue weighted by Gasteiger charge is -2.03. The highest BCUT2D eigenvalue weighted by Crippen LogP contribution is 2.23. The molecular formula is C13H11O. The first kappa shape index (κ1) is 8.82. The zero-order valence-electron chi connectivity index (χ0n) is 7.86. The Morgan fingerprint density at radius 3 is 3.00 bits per heavy atom. The van der Waals surface area contributed by atoms with Crippen LogP contribution in [-0.2, 0) is 6.42 Å². The van der Waals surface area contributed by atoms with Crippen molar-refractivity contribution < 1.29 is 4.42 Å². The molecule has 0 saturated carbocycles. The fourth-order valence-electron chi connectivity index (χ4n) is 1.45. The summed E-state index contributed by atoms with van der Waals surface area (Å²) in [6.07, 6.45) is 4.37. The SMILES string of the molecule is C=CCc1[c]cccc1-c1ccco1. The molecule has 0 spiro atoms. The first-order valence-electron chi connectivity index (χ1n) is 4.56. The second-order valence-corrected chi connectivity index (χ2v) is 3.03. The number of allylic oxidation sites excluding steroid dienone is 1. The molecule has 2 aromatic rings. The van der Waals surface area contributed by atoms with Crippen molar-refractivity contribution >= 4 is 0 Å². The summed E-state index contributed by atoms with van der Waals surface area (Å²) < 4.78 is 5.35. The zero-order chi connectivity index (χ0) is 9.80. The second kappa shape index (κ2) is 3.97. The third-order valence-electron chi connectivity index (χ3n) is 2.08. The molecule has 1 aromatic heterocycles. The van der Waals surface area contributed by atoms with Gasteiger partial charge in [0, 0.05) is 5.56 Å². The summed E-state index contributed by atoms with van der Waals surface area (Å²) in [5.74, 6) is 0.888. The van der Waals surface area contributed by atoms with Crippen LogP contribution in [0.25, 0.3) is 11.3 Å². The second-order valence-electron chi connectivity index (χ2n) is 3.03. The molecule has 0 amide bonds. The molecule has 69 valence electrons. The van der Waals surface area contributed by atoms with Gasteiger partial charge in [-0.15, -0.1) is 6.58 Å². The molecule has 0 bridgehead atoms. The number of rotatable bonds is 3. The van der Waals surface area contributed by atoms with E-state index in [4.69, 9.17) is 4.42 Å². The maximum Gasteiger partial charge on any atom is 0.134 e.